The summed E-state index contributed by atoms with van der Waals surface area (Å²) in [6.45, 7) is 1.29. The van der Waals surface area contributed by atoms with E-state index < -0.39 is 0 Å². The number of nitrogens with zero attached hydrogens (tertiary/aromatic N) is 2. The lowest BCUT2D eigenvalue weighted by Gasteiger charge is -2.13. The average Bonchev–Trinajstić information content (AvgIpc) is 3.28. The van der Waals surface area contributed by atoms with Crippen molar-refractivity contribution >= 4 is 11.0 Å². The van der Waals surface area contributed by atoms with Crippen LogP contribution in [0.2, 0.25) is 0 Å². The molecule has 0 N–H and O–H groups in total. The summed E-state index contributed by atoms with van der Waals surface area (Å²) in [6.07, 6.45) is 1.54. The van der Waals surface area contributed by atoms with Crippen LogP contribution in [0.5, 0.6) is 0 Å². The quantitative estimate of drug-likeness (QED) is 0.519. The molecule has 1 fully saturated rings. The molecular weight excluding hydrogens is 336 g/mol. The second-order valence-electron chi connectivity index (χ2n) is 6.49. The van der Waals surface area contributed by atoms with Crippen LogP contribution in [0.15, 0.2) is 79.0 Å². The summed E-state index contributed by atoms with van der Waals surface area (Å²) in [5.74, 6) is 0. The third kappa shape index (κ3) is 3.10. The van der Waals surface area contributed by atoms with Gasteiger partial charge in [-0.05, 0) is 23.8 Å². The Morgan fingerprint density at radius 1 is 0.741 bits per heavy atom. The minimum atomic E-state index is -0.263. The highest BCUT2D eigenvalue weighted by Gasteiger charge is 2.18. The van der Waals surface area contributed by atoms with Gasteiger partial charge >= 0.3 is 0 Å². The Hall–Kier alpha value is -3.08. The number of ether oxygens (including phenoxy) is 2. The van der Waals surface area contributed by atoms with Gasteiger partial charge in [0.05, 0.1) is 29.9 Å². The van der Waals surface area contributed by atoms with Crippen molar-refractivity contribution in [2.24, 2.45) is 0 Å². The van der Waals surface area contributed by atoms with Gasteiger partial charge in [0.2, 0.25) is 0 Å². The summed E-state index contributed by atoms with van der Waals surface area (Å²) in [4.78, 5) is 9.40. The first-order valence-corrected chi connectivity index (χ1v) is 9.03. The van der Waals surface area contributed by atoms with Crippen LogP contribution in [0.3, 0.4) is 0 Å². The fourth-order valence-corrected chi connectivity index (χ4v) is 3.41. The molecule has 0 spiro atoms. The van der Waals surface area contributed by atoms with Crippen molar-refractivity contribution < 1.29 is 9.47 Å². The van der Waals surface area contributed by atoms with Gasteiger partial charge in [-0.15, -0.1) is 0 Å². The predicted molar refractivity (Wildman–Crippen MR) is 105 cm³/mol. The smallest absolute Gasteiger partial charge is 0.184 e. The molecule has 0 radical (unpaired) electrons. The maximum atomic E-state index is 5.59. The van der Waals surface area contributed by atoms with Gasteiger partial charge in [0.15, 0.2) is 6.29 Å². The Morgan fingerprint density at radius 3 is 2.30 bits per heavy atom. The molecule has 0 bridgehead atoms. The number of hydrogen-bond donors (Lipinski definition) is 0. The Bertz CT molecular complexity index is 1070. The molecule has 0 unspecified atom stereocenters. The molecule has 0 amide bonds. The highest BCUT2D eigenvalue weighted by Crippen LogP contribution is 2.34. The van der Waals surface area contributed by atoms with Crippen LogP contribution in [-0.2, 0) is 9.47 Å². The normalized spacial score (nSPS) is 14.7. The molecule has 2 aromatic heterocycles. The molecule has 0 aliphatic carbocycles. The van der Waals surface area contributed by atoms with Crippen molar-refractivity contribution in [3.8, 4) is 22.4 Å². The Kier molecular flexibility index (Phi) is 4.13. The third-order valence-electron chi connectivity index (χ3n) is 4.75. The van der Waals surface area contributed by atoms with E-state index in [1.54, 1.807) is 6.20 Å². The summed E-state index contributed by atoms with van der Waals surface area (Å²) < 4.78 is 11.2. The third-order valence-corrected chi connectivity index (χ3v) is 4.75. The molecule has 1 aliphatic heterocycles. The highest BCUT2D eigenvalue weighted by atomic mass is 16.7. The molecule has 4 heteroatoms. The van der Waals surface area contributed by atoms with Crippen LogP contribution in [0.1, 0.15) is 11.9 Å². The van der Waals surface area contributed by atoms with Gasteiger partial charge in [0.25, 0.3) is 0 Å². The summed E-state index contributed by atoms with van der Waals surface area (Å²) in [5, 5.41) is 0. The summed E-state index contributed by atoms with van der Waals surface area (Å²) in [6, 6.07) is 24.6. The van der Waals surface area contributed by atoms with Crippen molar-refractivity contribution in [1.29, 1.82) is 0 Å². The van der Waals surface area contributed by atoms with E-state index in [4.69, 9.17) is 14.5 Å². The lowest BCUT2D eigenvalue weighted by atomic mass is 9.98. The van der Waals surface area contributed by atoms with E-state index in [0.29, 0.717) is 13.2 Å². The number of aromatic nitrogens is 2. The maximum absolute atomic E-state index is 5.59. The number of fused-ring (bicyclic) bond motifs is 1. The first-order valence-electron chi connectivity index (χ1n) is 9.03. The average molecular weight is 354 g/mol. The van der Waals surface area contributed by atoms with E-state index in [-0.39, 0.29) is 6.29 Å². The van der Waals surface area contributed by atoms with Gasteiger partial charge in [-0.25, -0.2) is 4.98 Å². The van der Waals surface area contributed by atoms with Crippen LogP contribution in [-0.4, -0.2) is 23.2 Å². The van der Waals surface area contributed by atoms with Crippen LogP contribution in [0.4, 0.5) is 0 Å². The minimum Gasteiger partial charge on any atom is -0.346 e. The maximum Gasteiger partial charge on any atom is 0.184 e. The number of benzene rings is 2. The number of hydrogen-bond acceptors (Lipinski definition) is 4. The summed E-state index contributed by atoms with van der Waals surface area (Å²) >= 11 is 0. The van der Waals surface area contributed by atoms with Gasteiger partial charge in [-0.2, -0.15) is 0 Å². The van der Waals surface area contributed by atoms with Crippen molar-refractivity contribution in [3.05, 3.63) is 84.6 Å². The zero-order chi connectivity index (χ0) is 18.1. The fraction of sp³-hybridized carbons (Fsp3) is 0.130. The van der Waals surface area contributed by atoms with E-state index in [9.17, 15) is 0 Å². The molecular formula is C23H18N2O2. The van der Waals surface area contributed by atoms with E-state index >= 15 is 0 Å². The van der Waals surface area contributed by atoms with Crippen molar-refractivity contribution in [1.82, 2.24) is 9.97 Å². The monoisotopic (exact) mass is 354 g/mol. The zero-order valence-electron chi connectivity index (χ0n) is 14.7. The van der Waals surface area contributed by atoms with Gasteiger partial charge in [0.1, 0.15) is 0 Å². The topological polar surface area (TPSA) is 44.2 Å². The Balaban J connectivity index is 1.64. The molecule has 132 valence electrons. The second kappa shape index (κ2) is 6.91. The fourth-order valence-electron chi connectivity index (χ4n) is 3.41. The van der Waals surface area contributed by atoms with Crippen molar-refractivity contribution in [2.45, 2.75) is 6.29 Å². The highest BCUT2D eigenvalue weighted by molar-refractivity contribution is 5.89. The molecule has 0 saturated carbocycles. The van der Waals surface area contributed by atoms with Crippen LogP contribution >= 0.6 is 0 Å². The second-order valence-corrected chi connectivity index (χ2v) is 6.49. The summed E-state index contributed by atoms with van der Waals surface area (Å²) in [7, 11) is 0. The van der Waals surface area contributed by atoms with Crippen LogP contribution < -0.4 is 0 Å². The number of rotatable bonds is 3. The first kappa shape index (κ1) is 16.1. The van der Waals surface area contributed by atoms with Crippen LogP contribution in [0, 0.1) is 0 Å². The lowest BCUT2D eigenvalue weighted by Crippen LogP contribution is -1.98. The van der Waals surface area contributed by atoms with Gasteiger partial charge in [0, 0.05) is 22.9 Å². The van der Waals surface area contributed by atoms with E-state index in [1.165, 1.54) is 0 Å². The van der Waals surface area contributed by atoms with Gasteiger partial charge in [-0.3, -0.25) is 4.98 Å². The van der Waals surface area contributed by atoms with E-state index in [2.05, 4.69) is 47.4 Å². The predicted octanol–water partition coefficient (Wildman–Crippen LogP) is 5.01. The molecule has 0 atom stereocenters. The van der Waals surface area contributed by atoms with E-state index in [1.807, 2.05) is 30.3 Å². The first-order chi connectivity index (χ1) is 13.4. The van der Waals surface area contributed by atoms with Gasteiger partial charge in [-0.1, -0.05) is 54.6 Å². The zero-order valence-corrected chi connectivity index (χ0v) is 14.7. The van der Waals surface area contributed by atoms with Crippen molar-refractivity contribution in [2.75, 3.05) is 13.2 Å². The van der Waals surface area contributed by atoms with Crippen molar-refractivity contribution in [3.63, 3.8) is 0 Å². The molecule has 5 rings (SSSR count). The molecule has 1 aliphatic rings. The lowest BCUT2D eigenvalue weighted by molar-refractivity contribution is -0.0441. The number of pyridine rings is 2. The van der Waals surface area contributed by atoms with Gasteiger partial charge < -0.3 is 9.47 Å². The molecule has 2 aromatic carbocycles. The Labute approximate surface area is 157 Å². The molecule has 3 heterocycles. The molecule has 4 aromatic rings. The van der Waals surface area contributed by atoms with E-state index in [0.717, 1.165) is 39.0 Å². The largest absolute Gasteiger partial charge is 0.346 e. The van der Waals surface area contributed by atoms with Crippen LogP contribution in [0.25, 0.3) is 33.4 Å². The molecule has 27 heavy (non-hydrogen) atoms. The standard InChI is InChI=1S/C23H18N2O2/c1-2-5-16(6-3-1)19-15-21-20(7-4-12-24-21)25-22(19)17-8-10-18(11-9-17)23-26-13-14-27-23/h1-12,15,23H,13-14H2. The molecule has 1 saturated heterocycles. The minimum absolute atomic E-state index is 0.263. The summed E-state index contributed by atoms with van der Waals surface area (Å²) in [5.41, 5.74) is 7.01. The Morgan fingerprint density at radius 2 is 1.52 bits per heavy atom. The SMILES string of the molecule is c1ccc(-c2cc3ncccc3nc2-c2ccc(C3OCCO3)cc2)cc1. The molecule has 4 nitrogen and oxygen atoms in total.